The number of aryl methyl sites for hydroxylation is 1. The third-order valence-corrected chi connectivity index (χ3v) is 24.8. The molecule has 1 aromatic carbocycles. The number of esters is 2. The summed E-state index contributed by atoms with van der Waals surface area (Å²) in [6, 6.07) is 4.83. The molecule has 0 aliphatic carbocycles. The number of hydrogen-bond donors (Lipinski definition) is 4. The van der Waals surface area contributed by atoms with E-state index in [1.54, 1.807) is 19.2 Å². The molecule has 4 unspecified atom stereocenters. The van der Waals surface area contributed by atoms with E-state index in [4.69, 9.17) is 58.5 Å². The van der Waals surface area contributed by atoms with E-state index in [1.807, 2.05) is 0 Å². The van der Waals surface area contributed by atoms with Gasteiger partial charge >= 0.3 is 38.3 Å². The Labute approximate surface area is 734 Å². The zero-order valence-electron chi connectivity index (χ0n) is 75.2. The fourth-order valence-corrected chi connectivity index (χ4v) is 17.2. The topological polar surface area (TPSA) is 340 Å². The molecule has 0 radical (unpaired) electrons. The van der Waals surface area contributed by atoms with E-state index in [0.717, 1.165) is 66.9 Å². The minimum absolute atomic E-state index is 0.0328. The van der Waals surface area contributed by atoms with Crippen LogP contribution in [0.25, 0.3) is 0 Å². The van der Waals surface area contributed by atoms with E-state index in [0.29, 0.717) is 42.6 Å². The van der Waals surface area contributed by atoms with Crippen molar-refractivity contribution in [1.29, 1.82) is 0 Å². The SMILES string of the molecule is CCCCCCCCCCCCCCCCCCOc1cc(C(=O)N(C)CCOC(=O)CCC(=O)Nc2ccn([C@H]3CC(OC(=O)CCC(C)=O)[C@@H](COP(O)(=S)OC4C[C@H](n5cc(C)c(=O)[nH]c5=O)O[C@@H]4CO[P+](=O)O)O3)c(=O)n2)cc(OCCCCCCCCCCCCCCCCCC)c1OCCCCCCCCCCCCCCCCCC. The second kappa shape index (κ2) is 65.7. The molecule has 30 heteroatoms. The number of amides is 2. The number of aromatic amines is 1. The molecule has 2 amide bonds. The van der Waals surface area contributed by atoms with Crippen LogP contribution in [0.3, 0.4) is 0 Å². The maximum Gasteiger partial charge on any atom is 0.694 e. The van der Waals surface area contributed by atoms with E-state index in [-0.39, 0.29) is 74.7 Å². The molecule has 0 saturated carbocycles. The highest BCUT2D eigenvalue weighted by atomic mass is 32.5. The van der Waals surface area contributed by atoms with Crippen molar-refractivity contribution in [2.45, 2.75) is 418 Å². The van der Waals surface area contributed by atoms with Gasteiger partial charge in [-0.1, -0.05) is 310 Å². The van der Waals surface area contributed by atoms with E-state index in [9.17, 15) is 52.7 Å². The van der Waals surface area contributed by atoms with Crippen molar-refractivity contribution in [3.8, 4) is 17.2 Å². The van der Waals surface area contributed by atoms with E-state index >= 15 is 0 Å². The summed E-state index contributed by atoms with van der Waals surface area (Å²) in [7, 11) is -1.48. The van der Waals surface area contributed by atoms with Crippen LogP contribution in [-0.4, -0.2) is 141 Å². The van der Waals surface area contributed by atoms with Crippen LogP contribution in [0.1, 0.15) is 403 Å². The monoisotopic (exact) mass is 1770 g/mol. The molecule has 2 aromatic heterocycles. The summed E-state index contributed by atoms with van der Waals surface area (Å²) in [4.78, 5) is 133. The fourth-order valence-electron chi connectivity index (χ4n) is 15.4. The Morgan fingerprint density at radius 3 is 1.41 bits per heavy atom. The van der Waals surface area contributed by atoms with Gasteiger partial charge in [0.25, 0.3) is 11.5 Å². The van der Waals surface area contributed by atoms with Crippen molar-refractivity contribution in [3.63, 3.8) is 0 Å². The molecule has 2 aliphatic rings. The van der Waals surface area contributed by atoms with Crippen LogP contribution < -0.4 is 36.5 Å². The second-order valence-electron chi connectivity index (χ2n) is 33.6. The molecule has 8 atom stereocenters. The fraction of sp³-hybridized carbons (Fsp3) is 0.793. The van der Waals surface area contributed by atoms with E-state index in [1.165, 1.54) is 288 Å². The van der Waals surface area contributed by atoms with Crippen molar-refractivity contribution in [2.75, 3.05) is 58.6 Å². The second-order valence-corrected chi connectivity index (χ2v) is 37.2. The predicted molar refractivity (Wildman–Crippen MR) is 482 cm³/mol. The number of Topliss-reactive ketones (excluding diaryl/α,β-unsaturated/α-hetero) is 1. The summed E-state index contributed by atoms with van der Waals surface area (Å²) < 4.78 is 73.4. The molecule has 2 saturated heterocycles. The Hall–Kier alpha value is -5.80. The van der Waals surface area contributed by atoms with Crippen molar-refractivity contribution in [3.05, 3.63) is 73.0 Å². The normalized spacial score (nSPS) is 17.0. The van der Waals surface area contributed by atoms with Crippen molar-refractivity contribution in [2.24, 2.45) is 0 Å². The number of ether oxygens (including phenoxy) is 7. The smallest absolute Gasteiger partial charge is 0.490 e. The molecule has 2 aliphatic heterocycles. The van der Waals surface area contributed by atoms with Crippen LogP contribution in [0.2, 0.25) is 0 Å². The number of nitrogens with zero attached hydrogens (tertiary/aromatic N) is 4. The molecule has 0 bridgehead atoms. The number of benzene rings is 1. The summed E-state index contributed by atoms with van der Waals surface area (Å²) in [6.45, 7) is 5.40. The highest BCUT2D eigenvalue weighted by Gasteiger charge is 2.45. The Kier molecular flexibility index (Phi) is 57.5. The molecule has 694 valence electrons. The third kappa shape index (κ3) is 47.1. The first-order valence-corrected chi connectivity index (χ1v) is 51.0. The minimum atomic E-state index is -4.33. The largest absolute Gasteiger partial charge is 0.694 e. The summed E-state index contributed by atoms with van der Waals surface area (Å²) in [5.74, 6) is -1.42. The first kappa shape index (κ1) is 107. The minimum Gasteiger partial charge on any atom is -0.490 e. The zero-order valence-corrected chi connectivity index (χ0v) is 77.8. The summed E-state index contributed by atoms with van der Waals surface area (Å²) in [5, 5.41) is 2.53. The molecule has 122 heavy (non-hydrogen) atoms. The number of H-pyrrole nitrogens is 1. The summed E-state index contributed by atoms with van der Waals surface area (Å²) >= 11 is 5.36. The predicted octanol–water partition coefficient (Wildman–Crippen LogP) is 21.2. The van der Waals surface area contributed by atoms with Crippen LogP contribution in [-0.2, 0) is 68.1 Å². The maximum atomic E-state index is 14.5. The molecule has 3 aromatic rings. The number of carbonyl (C=O) groups excluding carboxylic acids is 5. The average molecular weight is 1780 g/mol. The highest BCUT2D eigenvalue weighted by Crippen LogP contribution is 2.50. The lowest BCUT2D eigenvalue weighted by molar-refractivity contribution is -0.153. The Bertz CT molecular complexity index is 3600. The van der Waals surface area contributed by atoms with Crippen LogP contribution in [0.15, 0.2) is 45.0 Å². The van der Waals surface area contributed by atoms with Crippen LogP contribution >= 0.6 is 15.0 Å². The van der Waals surface area contributed by atoms with Crippen molar-refractivity contribution in [1.82, 2.24) is 24.0 Å². The molecule has 27 nitrogen and oxygen atoms in total. The number of hydrogen-bond acceptors (Lipinski definition) is 21. The lowest BCUT2D eigenvalue weighted by Gasteiger charge is -2.25. The highest BCUT2D eigenvalue weighted by molar-refractivity contribution is 8.07. The maximum absolute atomic E-state index is 14.5. The van der Waals surface area contributed by atoms with Crippen molar-refractivity contribution < 1.29 is 85.1 Å². The van der Waals surface area contributed by atoms with Crippen LogP contribution in [0, 0.1) is 6.92 Å². The first-order chi connectivity index (χ1) is 59.1. The lowest BCUT2D eigenvalue weighted by atomic mass is 10.0. The van der Waals surface area contributed by atoms with Gasteiger partial charge in [-0.05, 0) is 63.1 Å². The number of rotatable bonds is 76. The number of nitrogens with one attached hydrogen (secondary N) is 2. The number of anilines is 1. The quantitative estimate of drug-likeness (QED) is 0.0232. The number of carbonyl (C=O) groups is 5. The van der Waals surface area contributed by atoms with Gasteiger partial charge in [0.15, 0.2) is 11.5 Å². The van der Waals surface area contributed by atoms with E-state index in [2.05, 4.69) is 36.1 Å². The molecule has 0 spiro atoms. The lowest BCUT2D eigenvalue weighted by Crippen LogP contribution is -2.33. The van der Waals surface area contributed by atoms with Gasteiger partial charge < -0.3 is 62.1 Å². The standard InChI is InChI=1S/C92H154N6O21P2S/c1-7-10-13-16-19-22-25-28-31-34-37-40-43-46-49-52-62-110-78-66-75(67-79(111-63-53-50-47-44-41-38-35-32-29-26-23-20-17-14-11-8-2)88(78)113-64-54-51-48-45-42-39-36-33-30-27-24-21-18-15-12-9-3)90(104)96(6)61-65-112-86(101)58-56-83(100)93-82-59-60-97(91(105)94-82)84-68-76(118-87(102)57-55-74(5)99)81(117-84)72-115-121(109,122)119-77-69-85(116-80(77)71-114-120(107)108)98-70-73(4)89(103)95-92(98)106/h59-60,66-67,70,76-77,80-81,84-85H,7-58,61-65,68-69,71-72H2,1-6H3,(H3-,93,94,95,100,103,105,106,107,108,109,122)/p+1/t76?,77?,80-,81-,84-,85-,121?/m1/s1. The van der Waals surface area contributed by atoms with Crippen LogP contribution in [0.4, 0.5) is 5.82 Å². The Balaban J connectivity index is 1.17. The van der Waals surface area contributed by atoms with Gasteiger partial charge in [-0.3, -0.25) is 38.1 Å². The summed E-state index contributed by atoms with van der Waals surface area (Å²) in [6.07, 6.45) is 54.9. The summed E-state index contributed by atoms with van der Waals surface area (Å²) in [5.41, 5.74) is -1.82. The number of aromatic nitrogens is 4. The van der Waals surface area contributed by atoms with E-state index < -0.39 is 99.8 Å². The first-order valence-electron chi connectivity index (χ1n) is 47.2. The van der Waals surface area contributed by atoms with Gasteiger partial charge in [0.2, 0.25) is 11.7 Å². The Morgan fingerprint density at radius 1 is 0.566 bits per heavy atom. The molecule has 4 heterocycles. The van der Waals surface area contributed by atoms with Gasteiger partial charge in [-0.25, -0.2) is 9.59 Å². The molecule has 4 N–H and O–H groups in total. The zero-order chi connectivity index (χ0) is 88.2. The van der Waals surface area contributed by atoms with Crippen LogP contribution in [0.5, 0.6) is 17.2 Å². The third-order valence-electron chi connectivity index (χ3n) is 22.8. The van der Waals surface area contributed by atoms with Crippen molar-refractivity contribution >= 4 is 62.1 Å². The number of unbranched alkanes of at least 4 members (excludes halogenated alkanes) is 45. The molecule has 5 rings (SSSR count). The molecular weight excluding hydrogens is 1620 g/mol. The van der Waals surface area contributed by atoms with Gasteiger partial charge in [-0.15, -0.1) is 9.42 Å². The molecule has 2 fully saturated rings. The number of likely N-dealkylation sites (N-methyl/N-ethyl adjacent to an activating group) is 1. The van der Waals surface area contributed by atoms with Gasteiger partial charge in [0.1, 0.15) is 61.7 Å². The number of ketones is 1. The van der Waals surface area contributed by atoms with Gasteiger partial charge in [0.05, 0.1) is 45.8 Å². The van der Waals surface area contributed by atoms with Gasteiger partial charge in [0, 0.05) is 60.8 Å². The average Bonchev–Trinajstić information content (AvgIpc) is 1.67. The Morgan fingerprint density at radius 2 is 0.975 bits per heavy atom. The molecular formula is C92H155N6O21P2S+. The van der Waals surface area contributed by atoms with Gasteiger partial charge in [-0.2, -0.15) is 4.98 Å².